The first-order valence-electron chi connectivity index (χ1n) is 7.92. The van der Waals surface area contributed by atoms with Gasteiger partial charge in [0.1, 0.15) is 16.9 Å². The third kappa shape index (κ3) is 3.86. The molecule has 1 aliphatic rings. The Bertz CT molecular complexity index is 726. The van der Waals surface area contributed by atoms with E-state index < -0.39 is 4.92 Å². The second-order valence-electron chi connectivity index (χ2n) is 6.07. The number of nitro benzene ring substituents is 1. The second kappa shape index (κ2) is 7.20. The fourth-order valence-corrected chi connectivity index (χ4v) is 3.11. The minimum Gasteiger partial charge on any atom is -0.490 e. The lowest BCUT2D eigenvalue weighted by molar-refractivity contribution is -0.384. The van der Waals surface area contributed by atoms with Crippen molar-refractivity contribution in [3.63, 3.8) is 0 Å². The fourth-order valence-electron chi connectivity index (χ4n) is 2.86. The minimum absolute atomic E-state index is 0.0809. The quantitative estimate of drug-likeness (QED) is 0.608. The number of halogens is 1. The fraction of sp³-hybridized carbons (Fsp3) is 0.333. The minimum atomic E-state index is -0.481. The van der Waals surface area contributed by atoms with Crippen LogP contribution in [0.2, 0.25) is 5.02 Å². The van der Waals surface area contributed by atoms with Crippen molar-refractivity contribution in [1.29, 1.82) is 0 Å². The van der Waals surface area contributed by atoms with Gasteiger partial charge in [0, 0.05) is 19.2 Å². The van der Waals surface area contributed by atoms with Gasteiger partial charge in [-0.3, -0.25) is 10.1 Å². The molecule has 1 saturated heterocycles. The highest BCUT2D eigenvalue weighted by molar-refractivity contribution is 6.32. The predicted octanol–water partition coefficient (Wildman–Crippen LogP) is 4.39. The first-order chi connectivity index (χ1) is 11.5. The summed E-state index contributed by atoms with van der Waals surface area (Å²) >= 11 is 5.98. The molecule has 0 unspecified atom stereocenters. The summed E-state index contributed by atoms with van der Waals surface area (Å²) in [7, 11) is 2.13. The maximum absolute atomic E-state index is 10.8. The SMILES string of the molecule is CN1CCC(Oc2ccc(-c3ccc([N+](=O)[O-])c(Cl)c3)cc2)CC1. The van der Waals surface area contributed by atoms with Gasteiger partial charge in [-0.15, -0.1) is 0 Å². The van der Waals surface area contributed by atoms with E-state index in [9.17, 15) is 10.1 Å². The topological polar surface area (TPSA) is 55.6 Å². The van der Waals surface area contributed by atoms with Crippen LogP contribution in [-0.2, 0) is 0 Å². The average molecular weight is 347 g/mol. The molecule has 0 spiro atoms. The largest absolute Gasteiger partial charge is 0.490 e. The van der Waals surface area contributed by atoms with Gasteiger partial charge in [-0.1, -0.05) is 23.7 Å². The third-order valence-electron chi connectivity index (χ3n) is 4.30. The Morgan fingerprint density at radius 1 is 1.12 bits per heavy atom. The molecule has 24 heavy (non-hydrogen) atoms. The molecular weight excluding hydrogens is 328 g/mol. The van der Waals surface area contributed by atoms with E-state index in [4.69, 9.17) is 16.3 Å². The number of likely N-dealkylation sites (tertiary alicyclic amines) is 1. The molecule has 2 aromatic carbocycles. The molecule has 1 fully saturated rings. The highest BCUT2D eigenvalue weighted by atomic mass is 35.5. The Balaban J connectivity index is 1.70. The lowest BCUT2D eigenvalue weighted by atomic mass is 10.0. The molecule has 3 rings (SSSR count). The molecule has 0 saturated carbocycles. The van der Waals surface area contributed by atoms with Crippen LogP contribution < -0.4 is 4.74 Å². The zero-order chi connectivity index (χ0) is 17.1. The van der Waals surface area contributed by atoms with Crippen molar-refractivity contribution in [3.05, 3.63) is 57.6 Å². The van der Waals surface area contributed by atoms with E-state index in [2.05, 4.69) is 11.9 Å². The monoisotopic (exact) mass is 346 g/mol. The summed E-state index contributed by atoms with van der Waals surface area (Å²) in [5, 5.41) is 11.0. The third-order valence-corrected chi connectivity index (χ3v) is 4.60. The summed E-state index contributed by atoms with van der Waals surface area (Å²) in [6.07, 6.45) is 2.34. The Hall–Kier alpha value is -2.11. The number of benzene rings is 2. The van der Waals surface area contributed by atoms with Gasteiger partial charge in [0.05, 0.1) is 4.92 Å². The second-order valence-corrected chi connectivity index (χ2v) is 6.48. The van der Waals surface area contributed by atoms with Gasteiger partial charge in [0.15, 0.2) is 0 Å². The molecule has 0 N–H and O–H groups in total. The Labute approximate surface area is 146 Å². The molecule has 0 bridgehead atoms. The highest BCUT2D eigenvalue weighted by Crippen LogP contribution is 2.31. The predicted molar refractivity (Wildman–Crippen MR) is 94.7 cm³/mol. The van der Waals surface area contributed by atoms with Crippen molar-refractivity contribution in [2.24, 2.45) is 0 Å². The molecule has 0 aromatic heterocycles. The molecule has 0 amide bonds. The van der Waals surface area contributed by atoms with Crippen molar-refractivity contribution in [2.45, 2.75) is 18.9 Å². The van der Waals surface area contributed by atoms with Crippen LogP contribution in [-0.4, -0.2) is 36.1 Å². The zero-order valence-electron chi connectivity index (χ0n) is 13.4. The molecule has 0 aliphatic carbocycles. The van der Waals surface area contributed by atoms with Gasteiger partial charge in [-0.05, 0) is 55.3 Å². The van der Waals surface area contributed by atoms with Crippen LogP contribution in [0.5, 0.6) is 5.75 Å². The Kier molecular flexibility index (Phi) is 5.02. The summed E-state index contributed by atoms with van der Waals surface area (Å²) in [6.45, 7) is 2.12. The van der Waals surface area contributed by atoms with Crippen molar-refractivity contribution in [3.8, 4) is 16.9 Å². The Morgan fingerprint density at radius 3 is 2.33 bits per heavy atom. The van der Waals surface area contributed by atoms with E-state index in [0.717, 1.165) is 42.8 Å². The van der Waals surface area contributed by atoms with Gasteiger partial charge in [-0.2, -0.15) is 0 Å². The maximum atomic E-state index is 10.8. The van der Waals surface area contributed by atoms with Crippen LogP contribution in [0.1, 0.15) is 12.8 Å². The number of piperidine rings is 1. The molecule has 0 radical (unpaired) electrons. The molecule has 6 heteroatoms. The summed E-state index contributed by atoms with van der Waals surface area (Å²) in [4.78, 5) is 12.7. The molecule has 2 aromatic rings. The van der Waals surface area contributed by atoms with Crippen LogP contribution in [0.15, 0.2) is 42.5 Å². The first kappa shape index (κ1) is 16.7. The highest BCUT2D eigenvalue weighted by Gasteiger charge is 2.18. The lowest BCUT2D eigenvalue weighted by Crippen LogP contribution is -2.35. The number of nitrogens with zero attached hydrogens (tertiary/aromatic N) is 2. The molecule has 5 nitrogen and oxygen atoms in total. The van der Waals surface area contributed by atoms with Gasteiger partial charge in [0.25, 0.3) is 5.69 Å². The number of rotatable bonds is 4. The van der Waals surface area contributed by atoms with Crippen molar-refractivity contribution in [2.75, 3.05) is 20.1 Å². The van der Waals surface area contributed by atoms with Gasteiger partial charge in [-0.25, -0.2) is 0 Å². The van der Waals surface area contributed by atoms with E-state index in [1.807, 2.05) is 24.3 Å². The van der Waals surface area contributed by atoms with Crippen LogP contribution in [0.3, 0.4) is 0 Å². The normalized spacial score (nSPS) is 16.1. The number of ether oxygens (including phenoxy) is 1. The average Bonchev–Trinajstić information content (AvgIpc) is 2.57. The van der Waals surface area contributed by atoms with Crippen LogP contribution in [0.4, 0.5) is 5.69 Å². The van der Waals surface area contributed by atoms with E-state index >= 15 is 0 Å². The Morgan fingerprint density at radius 2 is 1.75 bits per heavy atom. The van der Waals surface area contributed by atoms with Crippen molar-refractivity contribution in [1.82, 2.24) is 4.90 Å². The summed E-state index contributed by atoms with van der Waals surface area (Å²) in [5.41, 5.74) is 1.71. The smallest absolute Gasteiger partial charge is 0.287 e. The standard InChI is InChI=1S/C18H19ClN2O3/c1-20-10-8-16(9-11-20)24-15-5-2-13(3-6-15)14-4-7-18(21(22)23)17(19)12-14/h2-7,12,16H,8-11H2,1H3. The van der Waals surface area contributed by atoms with Crippen molar-refractivity contribution >= 4 is 17.3 Å². The summed E-state index contributed by atoms with van der Waals surface area (Å²) < 4.78 is 6.03. The van der Waals surface area contributed by atoms with Crippen LogP contribution in [0.25, 0.3) is 11.1 Å². The number of nitro groups is 1. The molecule has 1 aliphatic heterocycles. The van der Waals surface area contributed by atoms with E-state index in [1.165, 1.54) is 6.07 Å². The summed E-state index contributed by atoms with van der Waals surface area (Å²) in [5.74, 6) is 0.848. The molecule has 0 atom stereocenters. The van der Waals surface area contributed by atoms with Gasteiger partial charge < -0.3 is 9.64 Å². The zero-order valence-corrected chi connectivity index (χ0v) is 14.2. The number of hydrogen-bond donors (Lipinski definition) is 0. The summed E-state index contributed by atoms with van der Waals surface area (Å²) in [6, 6.07) is 12.5. The van der Waals surface area contributed by atoms with E-state index in [1.54, 1.807) is 12.1 Å². The lowest BCUT2D eigenvalue weighted by Gasteiger charge is -2.29. The first-order valence-corrected chi connectivity index (χ1v) is 8.30. The number of hydrogen-bond acceptors (Lipinski definition) is 4. The van der Waals surface area contributed by atoms with E-state index in [-0.39, 0.29) is 16.8 Å². The van der Waals surface area contributed by atoms with Crippen LogP contribution in [0, 0.1) is 10.1 Å². The molecule has 1 heterocycles. The van der Waals surface area contributed by atoms with Gasteiger partial charge in [0.2, 0.25) is 0 Å². The van der Waals surface area contributed by atoms with Gasteiger partial charge >= 0.3 is 0 Å². The molecular formula is C18H19ClN2O3. The van der Waals surface area contributed by atoms with Crippen LogP contribution >= 0.6 is 11.6 Å². The van der Waals surface area contributed by atoms with E-state index in [0.29, 0.717) is 0 Å². The molecule has 126 valence electrons. The maximum Gasteiger partial charge on any atom is 0.287 e. The van der Waals surface area contributed by atoms with Crippen molar-refractivity contribution < 1.29 is 9.66 Å².